The zero-order chi connectivity index (χ0) is 31.0. The molecule has 0 heterocycles. The van der Waals surface area contributed by atoms with Gasteiger partial charge in [0.25, 0.3) is 0 Å². The van der Waals surface area contributed by atoms with Crippen LogP contribution < -0.4 is 0 Å². The number of hydrogen-bond acceptors (Lipinski definition) is 12. The molecule has 0 aliphatic rings. The predicted octanol–water partition coefficient (Wildman–Crippen LogP) is 7.80. The molecule has 13 heteroatoms. The lowest BCUT2D eigenvalue weighted by atomic mass is 10.4. The third kappa shape index (κ3) is 31.5. The maximum Gasteiger partial charge on any atom is 0.247 e. The normalized spacial score (nSPS) is 11.5. The van der Waals surface area contributed by atoms with Gasteiger partial charge >= 0.3 is 0 Å². The van der Waals surface area contributed by atoms with E-state index in [0.717, 1.165) is 34.5 Å². The summed E-state index contributed by atoms with van der Waals surface area (Å²) < 4.78 is 0. The van der Waals surface area contributed by atoms with Crippen LogP contribution in [0.2, 0.25) is 0 Å². The molecule has 0 aromatic heterocycles. The molecule has 2 atom stereocenters. The molecule has 0 N–H and O–H groups in total. The highest BCUT2D eigenvalue weighted by Crippen LogP contribution is 2.25. The molecule has 0 saturated heterocycles. The Bertz CT molecular complexity index is 821. The molecular formula is C26H41ClO4S8. The van der Waals surface area contributed by atoms with E-state index in [-0.39, 0.29) is 20.6 Å². The highest BCUT2D eigenvalue weighted by atomic mass is 35.5. The van der Waals surface area contributed by atoms with Gasteiger partial charge in [0.1, 0.15) is 0 Å². The maximum absolute atomic E-state index is 11.9. The van der Waals surface area contributed by atoms with Gasteiger partial charge in [-0.3, -0.25) is 19.2 Å². The SMILES string of the molecule is C=C(C)C(=O)Cl.C=C(C)C(=O)SCCSCC(CSC(=O)C(=C)C)SC(=O)C(=C)C.SCCSCC(S)CS. The lowest BCUT2D eigenvalue weighted by Crippen LogP contribution is -2.15. The third-order valence-corrected chi connectivity index (χ3v) is 12.1. The monoisotopic (exact) mass is 708 g/mol. The molecule has 0 aliphatic heterocycles. The lowest BCUT2D eigenvalue weighted by molar-refractivity contribution is -0.109. The summed E-state index contributed by atoms with van der Waals surface area (Å²) in [6.07, 6.45) is 0. The van der Waals surface area contributed by atoms with Gasteiger partial charge in [-0.2, -0.15) is 61.4 Å². The second kappa shape index (κ2) is 28.8. The smallest absolute Gasteiger partial charge is 0.247 e. The molecule has 0 aromatic rings. The summed E-state index contributed by atoms with van der Waals surface area (Å²) in [6, 6.07) is 0. The molecule has 0 aliphatic carbocycles. The summed E-state index contributed by atoms with van der Waals surface area (Å²) in [6.45, 7) is 20.8. The molecule has 39 heavy (non-hydrogen) atoms. The van der Waals surface area contributed by atoms with Crippen LogP contribution in [0.4, 0.5) is 0 Å². The Kier molecular flexibility index (Phi) is 32.7. The first-order chi connectivity index (χ1) is 18.1. The first kappa shape index (κ1) is 44.2. The standard InChI is InChI=1S/C17H24O3S4.C5H12S4.C4H5ClO/c1-11(2)15(18)22-8-7-21-9-14(24-17(20)13(5)6)10-23-16(19)12(3)4;6-1-2-9-4-5(8)3-7;1-3(2)4(5)6/h14H,1,3,5,7-10H2,2,4,6H3;5-8H,1-4H2;1H2,2H3. The highest BCUT2D eigenvalue weighted by molar-refractivity contribution is 8.18. The van der Waals surface area contributed by atoms with E-state index < -0.39 is 5.24 Å². The van der Waals surface area contributed by atoms with Gasteiger partial charge in [-0.15, -0.1) is 0 Å². The number of halogens is 1. The number of thiol groups is 3. The van der Waals surface area contributed by atoms with E-state index in [4.69, 9.17) is 11.6 Å². The minimum Gasteiger partial charge on any atom is -0.282 e. The highest BCUT2D eigenvalue weighted by Gasteiger charge is 2.18. The molecule has 224 valence electrons. The largest absolute Gasteiger partial charge is 0.282 e. The fourth-order valence-electron chi connectivity index (χ4n) is 1.53. The Morgan fingerprint density at radius 3 is 1.56 bits per heavy atom. The summed E-state index contributed by atoms with van der Waals surface area (Å²) in [5.41, 5.74) is 1.96. The van der Waals surface area contributed by atoms with Crippen molar-refractivity contribution in [1.29, 1.82) is 0 Å². The van der Waals surface area contributed by atoms with Gasteiger partial charge in [0.15, 0.2) is 0 Å². The second-order valence-corrected chi connectivity index (χ2v) is 15.4. The molecule has 2 unspecified atom stereocenters. The zero-order valence-electron chi connectivity index (χ0n) is 23.0. The zero-order valence-corrected chi connectivity index (χ0v) is 30.6. The summed E-state index contributed by atoms with van der Waals surface area (Å²) >= 11 is 24.6. The Morgan fingerprint density at radius 2 is 1.15 bits per heavy atom. The Morgan fingerprint density at radius 1 is 0.692 bits per heavy atom. The number of thioether (sulfide) groups is 5. The Hall–Kier alpha value is 0.730. The van der Waals surface area contributed by atoms with Crippen LogP contribution in [-0.4, -0.2) is 77.1 Å². The molecule has 0 rings (SSSR count). The number of allylic oxidation sites excluding steroid dienone is 1. The first-order valence-corrected chi connectivity index (χ1v) is 18.8. The van der Waals surface area contributed by atoms with E-state index in [9.17, 15) is 19.2 Å². The number of rotatable bonds is 17. The van der Waals surface area contributed by atoms with E-state index >= 15 is 0 Å². The Labute approximate surface area is 278 Å². The quantitative estimate of drug-likeness (QED) is 0.0608. The van der Waals surface area contributed by atoms with E-state index in [1.165, 1.54) is 35.3 Å². The number of carbonyl (C=O) groups excluding carboxylic acids is 4. The van der Waals surface area contributed by atoms with Crippen LogP contribution in [-0.2, 0) is 19.2 Å². The van der Waals surface area contributed by atoms with Gasteiger partial charge in [0, 0.05) is 56.3 Å². The van der Waals surface area contributed by atoms with Gasteiger partial charge in [0.2, 0.25) is 20.6 Å². The predicted molar refractivity (Wildman–Crippen MR) is 197 cm³/mol. The molecule has 4 nitrogen and oxygen atoms in total. The van der Waals surface area contributed by atoms with Crippen molar-refractivity contribution in [2.24, 2.45) is 0 Å². The molecule has 0 fully saturated rings. The summed E-state index contributed by atoms with van der Waals surface area (Å²) in [5, 5.41) is -0.0732. The fraction of sp³-hybridized carbons (Fsp3) is 0.538. The van der Waals surface area contributed by atoms with Crippen LogP contribution in [0.5, 0.6) is 0 Å². The lowest BCUT2D eigenvalue weighted by Gasteiger charge is -2.14. The topological polar surface area (TPSA) is 68.3 Å². The molecule has 0 radical (unpaired) electrons. The summed E-state index contributed by atoms with van der Waals surface area (Å²) in [7, 11) is 0. The van der Waals surface area contributed by atoms with Crippen LogP contribution >= 0.6 is 108 Å². The van der Waals surface area contributed by atoms with Gasteiger partial charge in [-0.05, 0) is 61.8 Å². The summed E-state index contributed by atoms with van der Waals surface area (Å²) in [5.74, 6) is 6.84. The van der Waals surface area contributed by atoms with Crippen molar-refractivity contribution >= 4 is 129 Å². The Balaban J connectivity index is -0.000000703. The summed E-state index contributed by atoms with van der Waals surface area (Å²) in [4.78, 5) is 44.8. The molecule has 0 saturated carbocycles. The van der Waals surface area contributed by atoms with Crippen LogP contribution in [0, 0.1) is 0 Å². The first-order valence-electron chi connectivity index (χ1n) is 11.5. The van der Waals surface area contributed by atoms with Crippen molar-refractivity contribution in [2.45, 2.75) is 38.2 Å². The average molecular weight is 710 g/mol. The van der Waals surface area contributed by atoms with Crippen molar-refractivity contribution in [3.05, 3.63) is 48.6 Å². The molecular weight excluding hydrogens is 668 g/mol. The van der Waals surface area contributed by atoms with E-state index in [0.29, 0.717) is 39.0 Å². The van der Waals surface area contributed by atoms with Crippen LogP contribution in [0.25, 0.3) is 0 Å². The van der Waals surface area contributed by atoms with Crippen LogP contribution in [0.1, 0.15) is 27.7 Å². The second-order valence-electron chi connectivity index (χ2n) is 7.87. The van der Waals surface area contributed by atoms with Gasteiger partial charge < -0.3 is 0 Å². The van der Waals surface area contributed by atoms with E-state index in [2.05, 4.69) is 64.2 Å². The van der Waals surface area contributed by atoms with Crippen molar-refractivity contribution in [3.8, 4) is 0 Å². The maximum atomic E-state index is 11.9. The average Bonchev–Trinajstić information content (AvgIpc) is 2.86. The van der Waals surface area contributed by atoms with Gasteiger partial charge in [-0.1, -0.05) is 61.6 Å². The molecule has 0 spiro atoms. The minimum atomic E-state index is -0.463. The van der Waals surface area contributed by atoms with Crippen molar-refractivity contribution in [3.63, 3.8) is 0 Å². The molecule has 0 amide bonds. The van der Waals surface area contributed by atoms with Crippen LogP contribution in [0.15, 0.2) is 48.6 Å². The molecule has 0 aromatic carbocycles. The minimum absolute atomic E-state index is 0.0154. The van der Waals surface area contributed by atoms with Gasteiger partial charge in [0.05, 0.1) is 0 Å². The third-order valence-electron chi connectivity index (χ3n) is 3.58. The van der Waals surface area contributed by atoms with Crippen molar-refractivity contribution < 1.29 is 19.2 Å². The molecule has 0 bridgehead atoms. The van der Waals surface area contributed by atoms with E-state index in [1.807, 2.05) is 11.8 Å². The van der Waals surface area contributed by atoms with Crippen molar-refractivity contribution in [2.75, 3.05) is 46.0 Å². The van der Waals surface area contributed by atoms with Crippen molar-refractivity contribution in [1.82, 2.24) is 0 Å². The fourth-order valence-corrected chi connectivity index (χ4v) is 7.40. The van der Waals surface area contributed by atoms with E-state index in [1.54, 1.807) is 39.5 Å². The number of hydrogen-bond donors (Lipinski definition) is 3. The van der Waals surface area contributed by atoms with Gasteiger partial charge in [-0.25, -0.2) is 0 Å². The number of carbonyl (C=O) groups is 4. The van der Waals surface area contributed by atoms with Crippen LogP contribution in [0.3, 0.4) is 0 Å².